The largest absolute Gasteiger partial charge is 0.367 e. The highest BCUT2D eigenvalue weighted by atomic mass is 32.2. The molecule has 1 aromatic heterocycles. The van der Waals surface area contributed by atoms with Crippen molar-refractivity contribution in [3.05, 3.63) is 18.1 Å². The molecule has 8 heteroatoms. The third-order valence-electron chi connectivity index (χ3n) is 3.40. The van der Waals surface area contributed by atoms with E-state index in [9.17, 15) is 8.42 Å². The molecule has 1 fully saturated rings. The van der Waals surface area contributed by atoms with Crippen LogP contribution >= 0.6 is 0 Å². The normalized spacial score (nSPS) is 17.6. The molecule has 0 atom stereocenters. The molecule has 0 aromatic carbocycles. The number of hydrogen-bond acceptors (Lipinski definition) is 6. The van der Waals surface area contributed by atoms with Crippen LogP contribution in [0.3, 0.4) is 0 Å². The van der Waals surface area contributed by atoms with Crippen LogP contribution in [0.15, 0.2) is 12.4 Å². The average Bonchev–Trinajstić information content (AvgIpc) is 2.45. The number of sulfonamides is 1. The lowest BCUT2D eigenvalue weighted by Gasteiger charge is -2.30. The maximum Gasteiger partial charge on any atom is 0.211 e. The van der Waals surface area contributed by atoms with Crippen molar-refractivity contribution in [1.29, 1.82) is 5.26 Å². The van der Waals surface area contributed by atoms with Crippen LogP contribution in [-0.4, -0.2) is 48.6 Å². The van der Waals surface area contributed by atoms with E-state index in [1.54, 1.807) is 0 Å². The molecule has 0 radical (unpaired) electrons. The molecule has 0 amide bonds. The van der Waals surface area contributed by atoms with Crippen molar-refractivity contribution in [2.75, 3.05) is 31.2 Å². The first kappa shape index (κ1) is 14.7. The molecule has 1 N–H and O–H groups in total. The molecule has 1 aliphatic rings. The molecule has 20 heavy (non-hydrogen) atoms. The fourth-order valence-electron chi connectivity index (χ4n) is 2.24. The molecule has 1 saturated heterocycles. The monoisotopic (exact) mass is 295 g/mol. The molecule has 108 valence electrons. The van der Waals surface area contributed by atoms with E-state index in [4.69, 9.17) is 5.26 Å². The summed E-state index contributed by atoms with van der Waals surface area (Å²) in [5, 5.41) is 12.0. The minimum atomic E-state index is -3.08. The van der Waals surface area contributed by atoms with Crippen LogP contribution in [0.5, 0.6) is 0 Å². The van der Waals surface area contributed by atoms with Gasteiger partial charge in [0.05, 0.1) is 6.26 Å². The Hall–Kier alpha value is -1.72. The van der Waals surface area contributed by atoms with Crippen molar-refractivity contribution < 1.29 is 8.42 Å². The number of rotatable bonds is 4. The van der Waals surface area contributed by atoms with Crippen molar-refractivity contribution in [3.63, 3.8) is 0 Å². The van der Waals surface area contributed by atoms with Gasteiger partial charge in [0.1, 0.15) is 6.07 Å². The summed E-state index contributed by atoms with van der Waals surface area (Å²) in [5.41, 5.74) is 0.279. The van der Waals surface area contributed by atoms with Crippen LogP contribution in [0, 0.1) is 17.2 Å². The number of hydrogen-bond donors (Lipinski definition) is 1. The van der Waals surface area contributed by atoms with Gasteiger partial charge in [-0.15, -0.1) is 0 Å². The molecule has 0 aliphatic carbocycles. The lowest BCUT2D eigenvalue weighted by molar-refractivity contribution is 0.283. The standard InChI is InChI=1S/C12H17N5O2S/c1-20(18,19)17-6-2-10(3-7-17)9-16-12-11(8-13)14-4-5-15-12/h4-5,10H,2-3,6-7,9H2,1H3,(H,15,16). The van der Waals surface area contributed by atoms with Gasteiger partial charge in [0.2, 0.25) is 10.0 Å². The molecular formula is C12H17N5O2S. The van der Waals surface area contributed by atoms with Gasteiger partial charge in [0.25, 0.3) is 0 Å². The van der Waals surface area contributed by atoms with Crippen molar-refractivity contribution >= 4 is 15.8 Å². The van der Waals surface area contributed by atoms with E-state index in [1.807, 2.05) is 6.07 Å². The Balaban J connectivity index is 1.87. The van der Waals surface area contributed by atoms with Crippen molar-refractivity contribution in [3.8, 4) is 6.07 Å². The Morgan fingerprint density at radius 2 is 2.05 bits per heavy atom. The molecule has 2 heterocycles. The summed E-state index contributed by atoms with van der Waals surface area (Å²) in [4.78, 5) is 8.02. The smallest absolute Gasteiger partial charge is 0.211 e. The highest BCUT2D eigenvalue weighted by molar-refractivity contribution is 7.88. The quantitative estimate of drug-likeness (QED) is 0.865. The topological polar surface area (TPSA) is 99.0 Å². The van der Waals surface area contributed by atoms with Crippen molar-refractivity contribution in [2.24, 2.45) is 5.92 Å². The van der Waals surface area contributed by atoms with Gasteiger partial charge < -0.3 is 5.32 Å². The Labute approximate surface area is 118 Å². The van der Waals surface area contributed by atoms with E-state index in [-0.39, 0.29) is 5.69 Å². The van der Waals surface area contributed by atoms with Gasteiger partial charge in [0, 0.05) is 32.0 Å². The molecule has 0 spiro atoms. The maximum atomic E-state index is 11.4. The third kappa shape index (κ3) is 3.65. The van der Waals surface area contributed by atoms with Gasteiger partial charge >= 0.3 is 0 Å². The minimum Gasteiger partial charge on any atom is -0.367 e. The van der Waals surface area contributed by atoms with Crippen molar-refractivity contribution in [1.82, 2.24) is 14.3 Å². The summed E-state index contributed by atoms with van der Waals surface area (Å²) in [7, 11) is -3.08. The summed E-state index contributed by atoms with van der Waals surface area (Å²) in [6, 6.07) is 1.99. The summed E-state index contributed by atoms with van der Waals surface area (Å²) in [6.07, 6.45) is 5.87. The third-order valence-corrected chi connectivity index (χ3v) is 4.71. The fourth-order valence-corrected chi connectivity index (χ4v) is 3.11. The highest BCUT2D eigenvalue weighted by Crippen LogP contribution is 2.19. The van der Waals surface area contributed by atoms with E-state index >= 15 is 0 Å². The second-order valence-corrected chi connectivity index (χ2v) is 6.83. The lowest BCUT2D eigenvalue weighted by atomic mass is 9.98. The first-order valence-corrected chi connectivity index (χ1v) is 8.25. The first-order chi connectivity index (χ1) is 9.50. The molecule has 0 unspecified atom stereocenters. The number of nitrogens with zero attached hydrogens (tertiary/aromatic N) is 4. The molecule has 1 aliphatic heterocycles. The van der Waals surface area contributed by atoms with E-state index in [2.05, 4.69) is 15.3 Å². The van der Waals surface area contributed by atoms with Crippen LogP contribution < -0.4 is 5.32 Å². The lowest BCUT2D eigenvalue weighted by Crippen LogP contribution is -2.39. The van der Waals surface area contributed by atoms with E-state index in [0.717, 1.165) is 12.8 Å². The zero-order chi connectivity index (χ0) is 14.6. The molecule has 1 aromatic rings. The van der Waals surface area contributed by atoms with Crippen LogP contribution in [0.1, 0.15) is 18.5 Å². The maximum absolute atomic E-state index is 11.4. The summed E-state index contributed by atoms with van der Waals surface area (Å²) >= 11 is 0. The number of piperidine rings is 1. The van der Waals surface area contributed by atoms with Crippen LogP contribution in [0.4, 0.5) is 5.82 Å². The van der Waals surface area contributed by atoms with E-state index in [0.29, 0.717) is 31.4 Å². The van der Waals surface area contributed by atoms with Gasteiger partial charge in [-0.1, -0.05) is 0 Å². The van der Waals surface area contributed by atoms with Gasteiger partial charge in [-0.3, -0.25) is 0 Å². The Morgan fingerprint density at radius 1 is 1.40 bits per heavy atom. The summed E-state index contributed by atoms with van der Waals surface area (Å²) < 4.78 is 24.3. The summed E-state index contributed by atoms with van der Waals surface area (Å²) in [6.45, 7) is 1.78. The van der Waals surface area contributed by atoms with E-state index in [1.165, 1.54) is 23.0 Å². The predicted octanol–water partition coefficient (Wildman–Crippen LogP) is 0.432. The highest BCUT2D eigenvalue weighted by Gasteiger charge is 2.24. The molecule has 0 saturated carbocycles. The van der Waals surface area contributed by atoms with Gasteiger partial charge in [-0.05, 0) is 18.8 Å². The molecule has 2 rings (SSSR count). The average molecular weight is 295 g/mol. The number of nitrogens with one attached hydrogen (secondary N) is 1. The first-order valence-electron chi connectivity index (χ1n) is 6.41. The number of aromatic nitrogens is 2. The Morgan fingerprint density at radius 3 is 2.65 bits per heavy atom. The molecule has 0 bridgehead atoms. The molecule has 7 nitrogen and oxygen atoms in total. The van der Waals surface area contributed by atoms with Gasteiger partial charge in [-0.2, -0.15) is 5.26 Å². The SMILES string of the molecule is CS(=O)(=O)N1CCC(CNc2nccnc2C#N)CC1. The zero-order valence-electron chi connectivity index (χ0n) is 11.3. The Kier molecular flexibility index (Phi) is 4.52. The van der Waals surface area contributed by atoms with Gasteiger partial charge in [-0.25, -0.2) is 22.7 Å². The van der Waals surface area contributed by atoms with Crippen LogP contribution in [0.25, 0.3) is 0 Å². The second kappa shape index (κ2) is 6.15. The zero-order valence-corrected chi connectivity index (χ0v) is 12.1. The number of nitriles is 1. The van der Waals surface area contributed by atoms with Gasteiger partial charge in [0.15, 0.2) is 11.5 Å². The second-order valence-electron chi connectivity index (χ2n) is 4.85. The van der Waals surface area contributed by atoms with Crippen LogP contribution in [-0.2, 0) is 10.0 Å². The van der Waals surface area contributed by atoms with Crippen LogP contribution in [0.2, 0.25) is 0 Å². The van der Waals surface area contributed by atoms with E-state index < -0.39 is 10.0 Å². The fraction of sp³-hybridized carbons (Fsp3) is 0.583. The molecular weight excluding hydrogens is 278 g/mol. The number of anilines is 1. The summed E-state index contributed by atoms with van der Waals surface area (Å²) in [5.74, 6) is 0.863. The van der Waals surface area contributed by atoms with Crippen molar-refractivity contribution in [2.45, 2.75) is 12.8 Å². The Bertz CT molecular complexity index is 603. The predicted molar refractivity (Wildman–Crippen MR) is 74.4 cm³/mol. The minimum absolute atomic E-state index is 0.279.